The molecule has 0 bridgehead atoms. The van der Waals surface area contributed by atoms with Gasteiger partial charge in [0.15, 0.2) is 11.5 Å². The molecule has 0 amide bonds. The number of imidazole rings is 1. The van der Waals surface area contributed by atoms with Gasteiger partial charge in [-0.1, -0.05) is 13.3 Å². The molecule has 1 saturated carbocycles. The zero-order valence-electron chi connectivity index (χ0n) is 9.27. The molecule has 0 aromatic carbocycles. The number of fused-ring (bicyclic) bond motifs is 1. The zero-order chi connectivity index (χ0) is 11.0. The van der Waals surface area contributed by atoms with E-state index in [1.807, 2.05) is 0 Å². The number of hydrogen-bond acceptors (Lipinski definition) is 4. The molecule has 5 heteroatoms. The van der Waals surface area contributed by atoms with Crippen molar-refractivity contribution in [3.63, 3.8) is 0 Å². The van der Waals surface area contributed by atoms with Gasteiger partial charge in [0, 0.05) is 6.04 Å². The second-order valence-electron chi connectivity index (χ2n) is 4.36. The zero-order valence-corrected chi connectivity index (χ0v) is 9.27. The number of nitrogens with one attached hydrogen (secondary N) is 2. The number of nitrogens with zero attached hydrogens (tertiary/aromatic N) is 3. The van der Waals surface area contributed by atoms with Crippen LogP contribution in [0, 0.1) is 5.92 Å². The molecule has 2 unspecified atom stereocenters. The van der Waals surface area contributed by atoms with Crippen LogP contribution in [-0.4, -0.2) is 26.0 Å². The van der Waals surface area contributed by atoms with E-state index in [4.69, 9.17) is 0 Å². The molecule has 1 fully saturated rings. The molecular formula is C11H15N5. The van der Waals surface area contributed by atoms with Gasteiger partial charge < -0.3 is 10.3 Å². The van der Waals surface area contributed by atoms with Gasteiger partial charge in [-0.2, -0.15) is 0 Å². The van der Waals surface area contributed by atoms with Crippen molar-refractivity contribution in [1.82, 2.24) is 19.9 Å². The molecule has 0 aliphatic heterocycles. The fourth-order valence-electron chi connectivity index (χ4n) is 2.16. The van der Waals surface area contributed by atoms with Crippen LogP contribution in [0.4, 0.5) is 5.82 Å². The number of aromatic amines is 1. The lowest BCUT2D eigenvalue weighted by Crippen LogP contribution is -2.07. The highest BCUT2D eigenvalue weighted by atomic mass is 15.1. The predicted octanol–water partition coefficient (Wildman–Crippen LogP) is 1.95. The van der Waals surface area contributed by atoms with Crippen molar-refractivity contribution in [3.05, 3.63) is 12.7 Å². The lowest BCUT2D eigenvalue weighted by Gasteiger charge is -2.04. The van der Waals surface area contributed by atoms with Crippen LogP contribution in [-0.2, 0) is 0 Å². The fraction of sp³-hybridized carbons (Fsp3) is 0.545. The number of aromatic nitrogens is 4. The summed E-state index contributed by atoms with van der Waals surface area (Å²) in [5, 5.41) is 3.46. The summed E-state index contributed by atoms with van der Waals surface area (Å²) >= 11 is 0. The van der Waals surface area contributed by atoms with Gasteiger partial charge in [-0.3, -0.25) is 0 Å². The Labute approximate surface area is 93.7 Å². The molecular weight excluding hydrogens is 202 g/mol. The van der Waals surface area contributed by atoms with Gasteiger partial charge in [0.25, 0.3) is 0 Å². The van der Waals surface area contributed by atoms with Crippen molar-refractivity contribution in [3.8, 4) is 0 Å². The van der Waals surface area contributed by atoms with Crippen molar-refractivity contribution in [2.75, 3.05) is 5.32 Å². The summed E-state index contributed by atoms with van der Waals surface area (Å²) < 4.78 is 0. The molecule has 2 atom stereocenters. The minimum Gasteiger partial charge on any atom is -0.365 e. The monoisotopic (exact) mass is 217 g/mol. The van der Waals surface area contributed by atoms with Gasteiger partial charge in [-0.25, -0.2) is 15.0 Å². The van der Waals surface area contributed by atoms with E-state index in [1.165, 1.54) is 19.3 Å². The van der Waals surface area contributed by atoms with E-state index < -0.39 is 0 Å². The van der Waals surface area contributed by atoms with Crippen molar-refractivity contribution < 1.29 is 0 Å². The SMILES string of the molecule is CCCC1CC1Nc1ncnc2nc[nH]c12. The van der Waals surface area contributed by atoms with Crippen molar-refractivity contribution in [2.45, 2.75) is 32.2 Å². The van der Waals surface area contributed by atoms with E-state index >= 15 is 0 Å². The van der Waals surface area contributed by atoms with Crippen LogP contribution in [0.3, 0.4) is 0 Å². The Hall–Kier alpha value is -1.65. The van der Waals surface area contributed by atoms with E-state index in [0.717, 1.165) is 22.9 Å². The highest BCUT2D eigenvalue weighted by molar-refractivity contribution is 5.82. The van der Waals surface area contributed by atoms with Gasteiger partial charge >= 0.3 is 0 Å². The topological polar surface area (TPSA) is 66.5 Å². The minimum absolute atomic E-state index is 0.585. The lowest BCUT2D eigenvalue weighted by molar-refractivity contribution is 0.692. The predicted molar refractivity (Wildman–Crippen MR) is 62.1 cm³/mol. The molecule has 84 valence electrons. The molecule has 2 aromatic heterocycles. The van der Waals surface area contributed by atoms with Crippen molar-refractivity contribution >= 4 is 17.0 Å². The van der Waals surface area contributed by atoms with Gasteiger partial charge in [0.1, 0.15) is 11.8 Å². The molecule has 0 radical (unpaired) electrons. The third-order valence-corrected chi connectivity index (χ3v) is 3.13. The summed E-state index contributed by atoms with van der Waals surface area (Å²) in [7, 11) is 0. The normalized spacial score (nSPS) is 23.6. The van der Waals surface area contributed by atoms with Crippen molar-refractivity contribution in [1.29, 1.82) is 0 Å². The summed E-state index contributed by atoms with van der Waals surface area (Å²) in [4.78, 5) is 15.5. The van der Waals surface area contributed by atoms with Gasteiger partial charge in [-0.15, -0.1) is 0 Å². The van der Waals surface area contributed by atoms with Gasteiger partial charge in [0.2, 0.25) is 0 Å². The Kier molecular flexibility index (Phi) is 2.23. The van der Waals surface area contributed by atoms with Crippen LogP contribution in [0.25, 0.3) is 11.2 Å². The lowest BCUT2D eigenvalue weighted by atomic mass is 10.2. The molecule has 5 nitrogen and oxygen atoms in total. The Morgan fingerprint density at radius 1 is 1.44 bits per heavy atom. The molecule has 2 aromatic rings. The maximum atomic E-state index is 4.26. The highest BCUT2D eigenvalue weighted by Crippen LogP contribution is 2.37. The van der Waals surface area contributed by atoms with Crippen LogP contribution in [0.1, 0.15) is 26.2 Å². The molecule has 2 heterocycles. The summed E-state index contributed by atoms with van der Waals surface area (Å²) in [5.41, 5.74) is 1.63. The standard InChI is InChI=1S/C11H15N5/c1-2-3-7-4-8(7)16-11-9-10(13-5-12-9)14-6-15-11/h5-8H,2-4H2,1H3,(H2,12,13,14,15,16). The third-order valence-electron chi connectivity index (χ3n) is 3.13. The van der Waals surface area contributed by atoms with Crippen LogP contribution in [0.5, 0.6) is 0 Å². The quantitative estimate of drug-likeness (QED) is 0.821. The molecule has 16 heavy (non-hydrogen) atoms. The van der Waals surface area contributed by atoms with E-state index in [2.05, 4.69) is 32.2 Å². The summed E-state index contributed by atoms with van der Waals surface area (Å²) in [6, 6.07) is 0.585. The van der Waals surface area contributed by atoms with Crippen LogP contribution in [0.15, 0.2) is 12.7 Å². The van der Waals surface area contributed by atoms with E-state index in [1.54, 1.807) is 12.7 Å². The largest absolute Gasteiger partial charge is 0.365 e. The van der Waals surface area contributed by atoms with Crippen LogP contribution >= 0.6 is 0 Å². The van der Waals surface area contributed by atoms with E-state index in [9.17, 15) is 0 Å². The Balaban J connectivity index is 1.77. The maximum absolute atomic E-state index is 4.26. The Morgan fingerprint density at radius 2 is 2.38 bits per heavy atom. The molecule has 0 saturated heterocycles. The first-order valence-electron chi connectivity index (χ1n) is 5.79. The number of H-pyrrole nitrogens is 1. The number of rotatable bonds is 4. The minimum atomic E-state index is 0.585. The van der Waals surface area contributed by atoms with E-state index in [0.29, 0.717) is 6.04 Å². The third kappa shape index (κ3) is 1.62. The number of anilines is 1. The summed E-state index contributed by atoms with van der Waals surface area (Å²) in [5.74, 6) is 1.70. The fourth-order valence-corrected chi connectivity index (χ4v) is 2.16. The van der Waals surface area contributed by atoms with E-state index in [-0.39, 0.29) is 0 Å². The smallest absolute Gasteiger partial charge is 0.182 e. The van der Waals surface area contributed by atoms with Gasteiger partial charge in [0.05, 0.1) is 6.33 Å². The summed E-state index contributed by atoms with van der Waals surface area (Å²) in [6.45, 7) is 2.23. The first-order chi connectivity index (χ1) is 7.88. The summed E-state index contributed by atoms with van der Waals surface area (Å²) in [6.07, 6.45) is 7.03. The molecule has 3 rings (SSSR count). The molecule has 1 aliphatic carbocycles. The highest BCUT2D eigenvalue weighted by Gasteiger charge is 2.36. The second-order valence-corrected chi connectivity index (χ2v) is 4.36. The maximum Gasteiger partial charge on any atom is 0.182 e. The van der Waals surface area contributed by atoms with Crippen LogP contribution < -0.4 is 5.32 Å². The average molecular weight is 217 g/mol. The molecule has 1 aliphatic rings. The Bertz CT molecular complexity index is 492. The average Bonchev–Trinajstić information content (AvgIpc) is 2.83. The number of hydrogen-bond donors (Lipinski definition) is 2. The van der Waals surface area contributed by atoms with Crippen LogP contribution in [0.2, 0.25) is 0 Å². The second kappa shape index (κ2) is 3.73. The molecule has 0 spiro atoms. The van der Waals surface area contributed by atoms with Crippen molar-refractivity contribution in [2.24, 2.45) is 5.92 Å². The van der Waals surface area contributed by atoms with Gasteiger partial charge in [-0.05, 0) is 18.8 Å². The molecule has 2 N–H and O–H groups in total. The Morgan fingerprint density at radius 3 is 3.25 bits per heavy atom. The first-order valence-corrected chi connectivity index (χ1v) is 5.79. The first kappa shape index (κ1) is 9.57.